The number of carbonyl (C=O) groups is 1. The smallest absolute Gasteiger partial charge is 0.276 e. The first kappa shape index (κ1) is 17.4. The molecule has 132 valence electrons. The Kier molecular flexibility index (Phi) is 5.67. The van der Waals surface area contributed by atoms with Crippen LogP contribution in [0.1, 0.15) is 10.5 Å². The highest BCUT2D eigenvalue weighted by Crippen LogP contribution is 2.23. The molecule has 0 radical (unpaired) electrons. The van der Waals surface area contributed by atoms with E-state index in [1.807, 2.05) is 18.2 Å². The number of nitrogens with zero attached hydrogens (tertiary/aromatic N) is 4. The van der Waals surface area contributed by atoms with Gasteiger partial charge >= 0.3 is 0 Å². The van der Waals surface area contributed by atoms with E-state index in [9.17, 15) is 4.79 Å². The molecule has 1 fully saturated rings. The molecule has 0 unspecified atom stereocenters. The number of rotatable bonds is 5. The summed E-state index contributed by atoms with van der Waals surface area (Å²) in [5.74, 6) is 0.691. The second-order valence-electron chi connectivity index (χ2n) is 5.70. The lowest BCUT2D eigenvalue weighted by atomic mass is 10.2. The van der Waals surface area contributed by atoms with Crippen LogP contribution >= 0.6 is 11.6 Å². The maximum Gasteiger partial charge on any atom is 0.276 e. The first-order valence-corrected chi connectivity index (χ1v) is 8.48. The summed E-state index contributed by atoms with van der Waals surface area (Å²) < 4.78 is 5.71. The number of anilines is 1. The van der Waals surface area contributed by atoms with Crippen molar-refractivity contribution in [3.63, 3.8) is 0 Å². The number of benzene rings is 1. The third kappa shape index (κ3) is 4.37. The van der Waals surface area contributed by atoms with Gasteiger partial charge in [-0.25, -0.2) is 9.97 Å². The molecule has 0 atom stereocenters. The van der Waals surface area contributed by atoms with Crippen LogP contribution < -0.4 is 10.5 Å². The number of nitrogens with two attached hydrogens (primary N) is 1. The van der Waals surface area contributed by atoms with Gasteiger partial charge in [0, 0.05) is 45.1 Å². The van der Waals surface area contributed by atoms with Gasteiger partial charge in [0.15, 0.2) is 11.5 Å². The fourth-order valence-electron chi connectivity index (χ4n) is 2.68. The number of nitrogen functional groups attached to an aromatic ring is 1. The van der Waals surface area contributed by atoms with Crippen molar-refractivity contribution >= 4 is 23.3 Å². The topological polar surface area (TPSA) is 84.6 Å². The summed E-state index contributed by atoms with van der Waals surface area (Å²) in [4.78, 5) is 24.4. The summed E-state index contributed by atoms with van der Waals surface area (Å²) in [5, 5.41) is 0.611. The second kappa shape index (κ2) is 8.13. The van der Waals surface area contributed by atoms with E-state index in [0.717, 1.165) is 19.6 Å². The van der Waals surface area contributed by atoms with Gasteiger partial charge in [-0.3, -0.25) is 9.69 Å². The monoisotopic (exact) mass is 361 g/mol. The van der Waals surface area contributed by atoms with E-state index in [4.69, 9.17) is 22.1 Å². The van der Waals surface area contributed by atoms with Gasteiger partial charge in [0.1, 0.15) is 12.4 Å². The highest BCUT2D eigenvalue weighted by molar-refractivity contribution is 6.32. The summed E-state index contributed by atoms with van der Waals surface area (Å²) in [6.07, 6.45) is 2.95. The van der Waals surface area contributed by atoms with E-state index in [2.05, 4.69) is 14.9 Å². The molecule has 2 N–H and O–H groups in total. The van der Waals surface area contributed by atoms with Gasteiger partial charge in [0.05, 0.1) is 5.02 Å². The maximum atomic E-state index is 12.4. The predicted molar refractivity (Wildman–Crippen MR) is 95.7 cm³/mol. The van der Waals surface area contributed by atoms with Crippen molar-refractivity contribution in [2.75, 3.05) is 45.1 Å². The molecule has 2 aromatic rings. The summed E-state index contributed by atoms with van der Waals surface area (Å²) in [7, 11) is 0. The third-order valence-corrected chi connectivity index (χ3v) is 4.40. The molecular formula is C17H20ClN5O2. The van der Waals surface area contributed by atoms with Crippen molar-refractivity contribution in [3.8, 4) is 5.75 Å². The van der Waals surface area contributed by atoms with Crippen molar-refractivity contribution in [2.45, 2.75) is 0 Å². The molecule has 2 heterocycles. The van der Waals surface area contributed by atoms with Crippen molar-refractivity contribution in [3.05, 3.63) is 47.4 Å². The van der Waals surface area contributed by atoms with Crippen LogP contribution in [0, 0.1) is 0 Å². The van der Waals surface area contributed by atoms with Gasteiger partial charge in [0.2, 0.25) is 0 Å². The Bertz CT molecular complexity index is 734. The van der Waals surface area contributed by atoms with Crippen molar-refractivity contribution in [1.82, 2.24) is 19.8 Å². The van der Waals surface area contributed by atoms with Crippen molar-refractivity contribution in [2.24, 2.45) is 0 Å². The first-order chi connectivity index (χ1) is 12.1. The molecule has 25 heavy (non-hydrogen) atoms. The van der Waals surface area contributed by atoms with Gasteiger partial charge in [-0.15, -0.1) is 0 Å². The summed E-state index contributed by atoms with van der Waals surface area (Å²) in [6, 6.07) is 7.42. The molecule has 3 rings (SSSR count). The Hall–Kier alpha value is -2.38. The maximum absolute atomic E-state index is 12.4. The lowest BCUT2D eigenvalue weighted by Crippen LogP contribution is -2.49. The number of ether oxygens (including phenoxy) is 1. The molecule has 1 aliphatic heterocycles. The number of amides is 1. The molecule has 0 bridgehead atoms. The summed E-state index contributed by atoms with van der Waals surface area (Å²) in [6.45, 7) is 4.13. The van der Waals surface area contributed by atoms with Crippen LogP contribution in [0.3, 0.4) is 0 Å². The van der Waals surface area contributed by atoms with Crippen molar-refractivity contribution in [1.29, 1.82) is 0 Å². The van der Waals surface area contributed by atoms with Crippen LogP contribution in [0.15, 0.2) is 36.7 Å². The normalized spacial score (nSPS) is 15.2. The van der Waals surface area contributed by atoms with E-state index in [1.54, 1.807) is 11.0 Å². The lowest BCUT2D eigenvalue weighted by Gasteiger charge is -2.34. The lowest BCUT2D eigenvalue weighted by molar-refractivity contribution is 0.0615. The molecule has 1 amide bonds. The highest BCUT2D eigenvalue weighted by atomic mass is 35.5. The molecule has 1 saturated heterocycles. The minimum absolute atomic E-state index is 0.169. The summed E-state index contributed by atoms with van der Waals surface area (Å²) >= 11 is 6.07. The minimum Gasteiger partial charge on any atom is -0.491 e. The molecule has 0 saturated carbocycles. The van der Waals surface area contributed by atoms with Crippen LogP contribution in [0.4, 0.5) is 5.82 Å². The zero-order chi connectivity index (χ0) is 17.6. The van der Waals surface area contributed by atoms with Crippen LogP contribution in [-0.4, -0.2) is 65.0 Å². The summed E-state index contributed by atoms with van der Waals surface area (Å²) in [5.41, 5.74) is 5.95. The van der Waals surface area contributed by atoms with Gasteiger partial charge < -0.3 is 15.4 Å². The molecule has 7 nitrogen and oxygen atoms in total. The number of aromatic nitrogens is 2. The SMILES string of the molecule is Nc1nccnc1C(=O)N1CCN(CCOc2ccccc2Cl)CC1. The average molecular weight is 362 g/mol. The van der Waals surface area contributed by atoms with Crippen LogP contribution in [0.5, 0.6) is 5.75 Å². The predicted octanol–water partition coefficient (Wildman–Crippen LogP) is 1.55. The zero-order valence-corrected chi connectivity index (χ0v) is 14.5. The standard InChI is InChI=1S/C17H20ClN5O2/c18-13-3-1-2-4-14(13)25-12-11-22-7-9-23(10-8-22)17(24)15-16(19)21-6-5-20-15/h1-6H,7-12H2,(H2,19,21). The Balaban J connectivity index is 1.45. The van der Waals surface area contributed by atoms with E-state index in [-0.39, 0.29) is 17.4 Å². The van der Waals surface area contributed by atoms with Crippen LogP contribution in [-0.2, 0) is 0 Å². The van der Waals surface area contributed by atoms with Crippen LogP contribution in [0.2, 0.25) is 5.02 Å². The first-order valence-electron chi connectivity index (χ1n) is 8.10. The zero-order valence-electron chi connectivity index (χ0n) is 13.8. The van der Waals surface area contributed by atoms with E-state index in [0.29, 0.717) is 30.5 Å². The third-order valence-electron chi connectivity index (χ3n) is 4.09. The number of hydrogen-bond donors (Lipinski definition) is 1. The average Bonchev–Trinajstić information content (AvgIpc) is 2.64. The Morgan fingerprint density at radius 2 is 1.88 bits per heavy atom. The largest absolute Gasteiger partial charge is 0.491 e. The van der Waals surface area contributed by atoms with Gasteiger partial charge in [-0.05, 0) is 12.1 Å². The van der Waals surface area contributed by atoms with Crippen molar-refractivity contribution < 1.29 is 9.53 Å². The highest BCUT2D eigenvalue weighted by Gasteiger charge is 2.24. The quantitative estimate of drug-likeness (QED) is 0.869. The second-order valence-corrected chi connectivity index (χ2v) is 6.11. The molecule has 0 aliphatic carbocycles. The molecule has 1 aliphatic rings. The number of carbonyl (C=O) groups excluding carboxylic acids is 1. The Morgan fingerprint density at radius 1 is 1.16 bits per heavy atom. The number of halogens is 1. The fraction of sp³-hybridized carbons (Fsp3) is 0.353. The van der Waals surface area contributed by atoms with Gasteiger partial charge in [-0.1, -0.05) is 23.7 Å². The molecule has 1 aromatic carbocycles. The van der Waals surface area contributed by atoms with Gasteiger partial charge in [-0.2, -0.15) is 0 Å². The number of para-hydroxylation sites is 1. The van der Waals surface area contributed by atoms with E-state index >= 15 is 0 Å². The molecule has 1 aromatic heterocycles. The Labute approximate surface area is 151 Å². The Morgan fingerprint density at radius 3 is 2.60 bits per heavy atom. The fourth-order valence-corrected chi connectivity index (χ4v) is 2.87. The molecular weight excluding hydrogens is 342 g/mol. The van der Waals surface area contributed by atoms with E-state index < -0.39 is 0 Å². The number of hydrogen-bond acceptors (Lipinski definition) is 6. The van der Waals surface area contributed by atoms with Crippen LogP contribution in [0.25, 0.3) is 0 Å². The minimum atomic E-state index is -0.169. The van der Waals surface area contributed by atoms with Gasteiger partial charge in [0.25, 0.3) is 5.91 Å². The molecule has 8 heteroatoms. The number of piperazine rings is 1. The van der Waals surface area contributed by atoms with E-state index in [1.165, 1.54) is 12.4 Å². The molecule has 0 spiro atoms.